The Morgan fingerprint density at radius 1 is 1.19 bits per heavy atom. The third-order valence-electron chi connectivity index (χ3n) is 4.60. The summed E-state index contributed by atoms with van der Waals surface area (Å²) in [6.45, 7) is -0.408. The van der Waals surface area contributed by atoms with E-state index in [1.165, 1.54) is 41.1 Å². The van der Waals surface area contributed by atoms with Crippen molar-refractivity contribution in [1.82, 2.24) is 9.78 Å². The SMILES string of the molecule is O=C(COc1ccc(Cl)cc1Cl)Nc1c2c(nn1-c1ccc([N+](=O)[O-])cc1)CS(=O)(=O)C2. The number of carbonyl (C=O) groups is 1. The molecule has 1 aliphatic rings. The highest BCUT2D eigenvalue weighted by molar-refractivity contribution is 7.90. The molecule has 2 aromatic carbocycles. The number of ether oxygens (including phenoxy) is 1. The van der Waals surface area contributed by atoms with Crippen LogP contribution in [0, 0.1) is 10.1 Å². The lowest BCUT2D eigenvalue weighted by Gasteiger charge is -2.12. The number of rotatable bonds is 6. The Hall–Kier alpha value is -3.15. The molecule has 166 valence electrons. The summed E-state index contributed by atoms with van der Waals surface area (Å²) in [6.07, 6.45) is 0. The molecule has 0 spiro atoms. The number of carbonyl (C=O) groups excluding carboxylic acids is 1. The molecule has 3 aromatic rings. The summed E-state index contributed by atoms with van der Waals surface area (Å²) in [5.74, 6) is -0.712. The highest BCUT2D eigenvalue weighted by atomic mass is 35.5. The number of fused-ring (bicyclic) bond motifs is 1. The summed E-state index contributed by atoms with van der Waals surface area (Å²) in [5, 5.41) is 18.5. The first-order chi connectivity index (χ1) is 15.1. The number of anilines is 1. The molecular formula is C19H14Cl2N4O6S. The van der Waals surface area contributed by atoms with Gasteiger partial charge in [0.15, 0.2) is 16.4 Å². The van der Waals surface area contributed by atoms with E-state index in [0.29, 0.717) is 22.0 Å². The number of nitrogens with one attached hydrogen (secondary N) is 1. The zero-order chi connectivity index (χ0) is 23.0. The van der Waals surface area contributed by atoms with Gasteiger partial charge in [0, 0.05) is 22.7 Å². The van der Waals surface area contributed by atoms with Gasteiger partial charge >= 0.3 is 0 Å². The lowest BCUT2D eigenvalue weighted by Crippen LogP contribution is -2.23. The van der Waals surface area contributed by atoms with Crippen LogP contribution < -0.4 is 10.1 Å². The quantitative estimate of drug-likeness (QED) is 0.407. The number of nitro groups is 1. The fourth-order valence-electron chi connectivity index (χ4n) is 3.18. The first kappa shape index (κ1) is 22.1. The molecule has 1 N–H and O–H groups in total. The number of nitrogens with zero attached hydrogens (tertiary/aromatic N) is 3. The van der Waals surface area contributed by atoms with E-state index >= 15 is 0 Å². The van der Waals surface area contributed by atoms with Crippen molar-refractivity contribution in [2.24, 2.45) is 0 Å². The van der Waals surface area contributed by atoms with Crippen LogP contribution in [0.4, 0.5) is 11.5 Å². The first-order valence-corrected chi connectivity index (χ1v) is 11.6. The Balaban J connectivity index is 1.60. The molecule has 0 saturated heterocycles. The summed E-state index contributed by atoms with van der Waals surface area (Å²) in [6, 6.07) is 10.0. The topological polar surface area (TPSA) is 133 Å². The van der Waals surface area contributed by atoms with Crippen LogP contribution in [0.5, 0.6) is 5.75 Å². The van der Waals surface area contributed by atoms with Gasteiger partial charge in [0.1, 0.15) is 11.6 Å². The summed E-state index contributed by atoms with van der Waals surface area (Å²) in [7, 11) is -3.38. The number of hydrogen-bond donors (Lipinski definition) is 1. The number of aromatic nitrogens is 2. The molecule has 1 aliphatic heterocycles. The molecule has 0 bridgehead atoms. The maximum absolute atomic E-state index is 12.6. The molecule has 0 fully saturated rings. The zero-order valence-electron chi connectivity index (χ0n) is 16.1. The van der Waals surface area contributed by atoms with Crippen molar-refractivity contribution in [2.75, 3.05) is 11.9 Å². The molecule has 4 rings (SSSR count). The molecule has 10 nitrogen and oxygen atoms in total. The lowest BCUT2D eigenvalue weighted by molar-refractivity contribution is -0.384. The van der Waals surface area contributed by atoms with Gasteiger partial charge in [-0.25, -0.2) is 13.1 Å². The summed E-state index contributed by atoms with van der Waals surface area (Å²) >= 11 is 11.9. The average Bonchev–Trinajstić information content (AvgIpc) is 3.20. The van der Waals surface area contributed by atoms with Gasteiger partial charge in [0.2, 0.25) is 0 Å². The van der Waals surface area contributed by atoms with Crippen molar-refractivity contribution >= 4 is 50.5 Å². The second-order valence-corrected chi connectivity index (χ2v) is 9.81. The van der Waals surface area contributed by atoms with Crippen molar-refractivity contribution in [3.05, 3.63) is 73.9 Å². The molecule has 32 heavy (non-hydrogen) atoms. The van der Waals surface area contributed by atoms with Gasteiger partial charge < -0.3 is 10.1 Å². The van der Waals surface area contributed by atoms with Crippen LogP contribution in [0.3, 0.4) is 0 Å². The lowest BCUT2D eigenvalue weighted by atomic mass is 10.2. The number of nitro benzene ring substituents is 1. The minimum Gasteiger partial charge on any atom is -0.482 e. The predicted molar refractivity (Wildman–Crippen MR) is 117 cm³/mol. The van der Waals surface area contributed by atoms with Crippen LogP contribution in [0.15, 0.2) is 42.5 Å². The van der Waals surface area contributed by atoms with Gasteiger partial charge in [-0.05, 0) is 30.3 Å². The number of hydrogen-bond acceptors (Lipinski definition) is 7. The Labute approximate surface area is 191 Å². The summed E-state index contributed by atoms with van der Waals surface area (Å²) in [4.78, 5) is 22.9. The molecular weight excluding hydrogens is 483 g/mol. The van der Waals surface area contributed by atoms with Crippen molar-refractivity contribution in [3.63, 3.8) is 0 Å². The predicted octanol–water partition coefficient (Wildman–Crippen LogP) is 3.53. The second kappa shape index (κ2) is 8.41. The van der Waals surface area contributed by atoms with E-state index in [0.717, 1.165) is 0 Å². The molecule has 1 aromatic heterocycles. The van der Waals surface area contributed by atoms with E-state index in [1.807, 2.05) is 0 Å². The van der Waals surface area contributed by atoms with E-state index in [1.54, 1.807) is 6.07 Å². The standard InChI is InChI=1S/C19H14Cl2N4O6S/c20-11-1-6-17(15(21)7-11)31-8-18(26)22-19-14-9-32(29,30)10-16(14)23-24(19)12-2-4-13(5-3-12)25(27)28/h1-7H,8-10H2,(H,22,26). The highest BCUT2D eigenvalue weighted by Gasteiger charge is 2.33. The zero-order valence-corrected chi connectivity index (χ0v) is 18.4. The molecule has 0 aliphatic carbocycles. The van der Waals surface area contributed by atoms with Crippen LogP contribution in [0.2, 0.25) is 10.0 Å². The van der Waals surface area contributed by atoms with Gasteiger partial charge in [0.05, 0.1) is 32.8 Å². The minimum absolute atomic E-state index is 0.116. The minimum atomic E-state index is -3.38. The third-order valence-corrected chi connectivity index (χ3v) is 6.58. The number of non-ortho nitro benzene ring substituents is 1. The third kappa shape index (κ3) is 4.54. The van der Waals surface area contributed by atoms with Crippen molar-refractivity contribution in [3.8, 4) is 11.4 Å². The number of sulfone groups is 1. The second-order valence-electron chi connectivity index (χ2n) is 6.90. The number of benzene rings is 2. The van der Waals surface area contributed by atoms with E-state index < -0.39 is 27.3 Å². The maximum atomic E-state index is 12.6. The molecule has 1 amide bonds. The summed E-state index contributed by atoms with van der Waals surface area (Å²) in [5.41, 5.74) is 0.968. The van der Waals surface area contributed by atoms with Gasteiger partial charge in [-0.3, -0.25) is 14.9 Å². The molecule has 0 atom stereocenters. The Morgan fingerprint density at radius 3 is 2.56 bits per heavy atom. The summed E-state index contributed by atoms with van der Waals surface area (Å²) < 4.78 is 30.9. The van der Waals surface area contributed by atoms with Gasteiger partial charge in [-0.1, -0.05) is 23.2 Å². The molecule has 13 heteroatoms. The van der Waals surface area contributed by atoms with Crippen molar-refractivity contribution in [2.45, 2.75) is 11.5 Å². The average molecular weight is 497 g/mol. The highest BCUT2D eigenvalue weighted by Crippen LogP contribution is 2.33. The largest absolute Gasteiger partial charge is 0.482 e. The Morgan fingerprint density at radius 2 is 1.91 bits per heavy atom. The van der Waals surface area contributed by atoms with Gasteiger partial charge in [0.25, 0.3) is 11.6 Å². The fraction of sp³-hybridized carbons (Fsp3) is 0.158. The van der Waals surface area contributed by atoms with Crippen LogP contribution in [-0.2, 0) is 26.1 Å². The monoisotopic (exact) mass is 496 g/mol. The first-order valence-electron chi connectivity index (χ1n) is 9.07. The van der Waals surface area contributed by atoms with Gasteiger partial charge in [-0.2, -0.15) is 5.10 Å². The van der Waals surface area contributed by atoms with Crippen LogP contribution in [0.1, 0.15) is 11.3 Å². The van der Waals surface area contributed by atoms with Crippen LogP contribution in [-0.4, -0.2) is 35.6 Å². The van der Waals surface area contributed by atoms with E-state index in [9.17, 15) is 23.3 Å². The molecule has 2 heterocycles. The fourth-order valence-corrected chi connectivity index (χ4v) is 5.13. The van der Waals surface area contributed by atoms with Crippen LogP contribution >= 0.6 is 23.2 Å². The van der Waals surface area contributed by atoms with Crippen molar-refractivity contribution < 1.29 is 22.9 Å². The van der Waals surface area contributed by atoms with E-state index in [-0.39, 0.29) is 33.8 Å². The molecule has 0 unspecified atom stereocenters. The smallest absolute Gasteiger partial charge is 0.269 e. The van der Waals surface area contributed by atoms with Gasteiger partial charge in [-0.15, -0.1) is 0 Å². The Kier molecular flexibility index (Phi) is 5.80. The maximum Gasteiger partial charge on any atom is 0.269 e. The normalized spacial score (nSPS) is 14.1. The number of amides is 1. The van der Waals surface area contributed by atoms with E-state index in [2.05, 4.69) is 10.4 Å². The number of halogens is 2. The Bertz CT molecular complexity index is 1340. The molecule has 0 saturated carbocycles. The molecule has 0 radical (unpaired) electrons. The van der Waals surface area contributed by atoms with E-state index in [4.69, 9.17) is 27.9 Å². The van der Waals surface area contributed by atoms with Crippen LogP contribution in [0.25, 0.3) is 5.69 Å². The van der Waals surface area contributed by atoms with Crippen molar-refractivity contribution in [1.29, 1.82) is 0 Å².